The van der Waals surface area contributed by atoms with E-state index in [-0.39, 0.29) is 12.5 Å². The van der Waals surface area contributed by atoms with E-state index in [2.05, 4.69) is 10.3 Å². The summed E-state index contributed by atoms with van der Waals surface area (Å²) in [6, 6.07) is 11.9. The van der Waals surface area contributed by atoms with Crippen LogP contribution in [0, 0.1) is 0 Å². The van der Waals surface area contributed by atoms with Gasteiger partial charge in [0, 0.05) is 18.9 Å². The Labute approximate surface area is 106 Å². The van der Waals surface area contributed by atoms with Crippen molar-refractivity contribution in [1.29, 1.82) is 0 Å². The van der Waals surface area contributed by atoms with Gasteiger partial charge < -0.3 is 11.1 Å². The van der Waals surface area contributed by atoms with Gasteiger partial charge in [-0.3, -0.25) is 9.78 Å². The molecule has 2 aromatic rings. The number of carbonyl (C=O) groups excluding carboxylic acids is 1. The van der Waals surface area contributed by atoms with E-state index >= 15 is 0 Å². The lowest BCUT2D eigenvalue weighted by molar-refractivity contribution is -0.119. The van der Waals surface area contributed by atoms with Crippen LogP contribution < -0.4 is 11.1 Å². The quantitative estimate of drug-likeness (QED) is 0.848. The topological polar surface area (TPSA) is 68.0 Å². The van der Waals surface area contributed by atoms with Crippen LogP contribution in [0.2, 0.25) is 0 Å². The minimum Gasteiger partial charge on any atom is -0.351 e. The summed E-state index contributed by atoms with van der Waals surface area (Å²) in [4.78, 5) is 15.1. The normalized spacial score (nSPS) is 10.1. The van der Waals surface area contributed by atoms with E-state index in [1.54, 1.807) is 12.4 Å². The average Bonchev–Trinajstić information content (AvgIpc) is 2.46. The molecule has 0 saturated carbocycles. The number of amides is 1. The third-order valence-electron chi connectivity index (χ3n) is 2.62. The van der Waals surface area contributed by atoms with E-state index in [9.17, 15) is 4.79 Å². The molecule has 0 saturated heterocycles. The zero-order valence-electron chi connectivity index (χ0n) is 9.97. The lowest BCUT2D eigenvalue weighted by Gasteiger charge is -2.06. The number of hydrogen-bond donors (Lipinski definition) is 2. The number of nitrogens with two attached hydrogens (primary N) is 1. The molecule has 1 heterocycles. The van der Waals surface area contributed by atoms with Crippen molar-refractivity contribution in [2.75, 3.05) is 6.54 Å². The standard InChI is InChI=1S/C14H15N3O/c15-9-14(18)17-10-11-2-1-3-13(8-11)12-4-6-16-7-5-12/h1-8H,9-10,15H2,(H,17,18). The summed E-state index contributed by atoms with van der Waals surface area (Å²) in [5.41, 5.74) is 8.50. The highest BCUT2D eigenvalue weighted by Gasteiger charge is 2.00. The third-order valence-corrected chi connectivity index (χ3v) is 2.62. The maximum Gasteiger partial charge on any atom is 0.234 e. The maximum atomic E-state index is 11.1. The largest absolute Gasteiger partial charge is 0.351 e. The van der Waals surface area contributed by atoms with Crippen molar-refractivity contribution < 1.29 is 4.79 Å². The number of aromatic nitrogens is 1. The van der Waals surface area contributed by atoms with Gasteiger partial charge in [0.05, 0.1) is 6.54 Å². The molecule has 0 unspecified atom stereocenters. The van der Waals surface area contributed by atoms with Crippen LogP contribution in [0.15, 0.2) is 48.8 Å². The molecule has 0 bridgehead atoms. The first-order chi connectivity index (χ1) is 8.79. The van der Waals surface area contributed by atoms with Crippen molar-refractivity contribution in [3.63, 3.8) is 0 Å². The molecule has 0 radical (unpaired) electrons. The number of hydrogen-bond acceptors (Lipinski definition) is 3. The van der Waals surface area contributed by atoms with Gasteiger partial charge in [-0.15, -0.1) is 0 Å². The van der Waals surface area contributed by atoms with Crippen LogP contribution in [-0.4, -0.2) is 17.4 Å². The number of rotatable bonds is 4. The van der Waals surface area contributed by atoms with Gasteiger partial charge in [0.1, 0.15) is 0 Å². The predicted molar refractivity (Wildman–Crippen MR) is 70.6 cm³/mol. The van der Waals surface area contributed by atoms with E-state index in [1.165, 1.54) is 0 Å². The SMILES string of the molecule is NCC(=O)NCc1cccc(-c2ccncc2)c1. The Hall–Kier alpha value is -2.20. The van der Waals surface area contributed by atoms with Gasteiger partial charge in [-0.25, -0.2) is 0 Å². The molecule has 1 aromatic heterocycles. The summed E-state index contributed by atoms with van der Waals surface area (Å²) in [7, 11) is 0. The van der Waals surface area contributed by atoms with Crippen LogP contribution in [0.1, 0.15) is 5.56 Å². The van der Waals surface area contributed by atoms with Gasteiger partial charge in [-0.2, -0.15) is 0 Å². The van der Waals surface area contributed by atoms with Gasteiger partial charge in [0.15, 0.2) is 0 Å². The molecule has 3 N–H and O–H groups in total. The minimum absolute atomic E-state index is 0.0179. The summed E-state index contributed by atoms with van der Waals surface area (Å²) in [6.07, 6.45) is 3.52. The summed E-state index contributed by atoms with van der Waals surface area (Å²) in [5, 5.41) is 2.75. The molecule has 4 heteroatoms. The molecule has 0 aliphatic carbocycles. The number of pyridine rings is 1. The van der Waals surface area contributed by atoms with Crippen molar-refractivity contribution in [1.82, 2.24) is 10.3 Å². The van der Waals surface area contributed by atoms with E-state index in [0.29, 0.717) is 6.54 Å². The Morgan fingerprint density at radius 1 is 1.17 bits per heavy atom. The molecule has 92 valence electrons. The molecule has 0 aliphatic rings. The van der Waals surface area contributed by atoms with Crippen LogP contribution in [0.4, 0.5) is 0 Å². The first-order valence-corrected chi connectivity index (χ1v) is 5.75. The van der Waals surface area contributed by atoms with Crippen molar-refractivity contribution in [3.8, 4) is 11.1 Å². The number of nitrogens with one attached hydrogen (secondary N) is 1. The minimum atomic E-state index is -0.149. The zero-order chi connectivity index (χ0) is 12.8. The van der Waals surface area contributed by atoms with Gasteiger partial charge >= 0.3 is 0 Å². The fraction of sp³-hybridized carbons (Fsp3) is 0.143. The van der Waals surface area contributed by atoms with Crippen LogP contribution >= 0.6 is 0 Å². The molecule has 4 nitrogen and oxygen atoms in total. The lowest BCUT2D eigenvalue weighted by Crippen LogP contribution is -2.29. The first kappa shape index (κ1) is 12.3. The summed E-state index contributed by atoms with van der Waals surface area (Å²) in [5.74, 6) is -0.149. The molecule has 1 aromatic carbocycles. The summed E-state index contributed by atoms with van der Waals surface area (Å²) < 4.78 is 0. The van der Waals surface area contributed by atoms with Crippen LogP contribution in [0.25, 0.3) is 11.1 Å². The fourth-order valence-corrected chi connectivity index (χ4v) is 1.68. The number of nitrogens with zero attached hydrogens (tertiary/aromatic N) is 1. The highest BCUT2D eigenvalue weighted by Crippen LogP contribution is 2.19. The monoisotopic (exact) mass is 241 g/mol. The Kier molecular flexibility index (Phi) is 4.04. The molecule has 2 rings (SSSR count). The number of carbonyl (C=O) groups is 1. The number of benzene rings is 1. The molecular weight excluding hydrogens is 226 g/mol. The van der Waals surface area contributed by atoms with Crippen LogP contribution in [0.3, 0.4) is 0 Å². The Morgan fingerprint density at radius 3 is 2.67 bits per heavy atom. The molecule has 0 atom stereocenters. The second-order valence-electron chi connectivity index (χ2n) is 3.92. The highest BCUT2D eigenvalue weighted by atomic mass is 16.1. The Morgan fingerprint density at radius 2 is 1.94 bits per heavy atom. The maximum absolute atomic E-state index is 11.1. The second-order valence-corrected chi connectivity index (χ2v) is 3.92. The van der Waals surface area contributed by atoms with Crippen molar-refractivity contribution in [2.24, 2.45) is 5.73 Å². The Bertz CT molecular complexity index is 526. The lowest BCUT2D eigenvalue weighted by atomic mass is 10.0. The Balaban J connectivity index is 2.13. The molecule has 0 aliphatic heterocycles. The smallest absolute Gasteiger partial charge is 0.234 e. The van der Waals surface area contributed by atoms with E-state index in [4.69, 9.17) is 5.73 Å². The van der Waals surface area contributed by atoms with E-state index in [0.717, 1.165) is 16.7 Å². The molecular formula is C14H15N3O. The molecule has 0 fully saturated rings. The van der Waals surface area contributed by atoms with Crippen molar-refractivity contribution >= 4 is 5.91 Å². The fourth-order valence-electron chi connectivity index (χ4n) is 1.68. The predicted octanol–water partition coefficient (Wildman–Crippen LogP) is 1.32. The summed E-state index contributed by atoms with van der Waals surface area (Å²) >= 11 is 0. The molecule has 0 spiro atoms. The van der Waals surface area contributed by atoms with Gasteiger partial charge in [-0.05, 0) is 34.9 Å². The summed E-state index contributed by atoms with van der Waals surface area (Å²) in [6.45, 7) is 0.513. The van der Waals surface area contributed by atoms with E-state index in [1.807, 2.05) is 36.4 Å². The van der Waals surface area contributed by atoms with E-state index < -0.39 is 0 Å². The zero-order valence-corrected chi connectivity index (χ0v) is 9.97. The van der Waals surface area contributed by atoms with Crippen LogP contribution in [0.5, 0.6) is 0 Å². The van der Waals surface area contributed by atoms with Crippen LogP contribution in [-0.2, 0) is 11.3 Å². The van der Waals surface area contributed by atoms with Gasteiger partial charge in [-0.1, -0.05) is 18.2 Å². The van der Waals surface area contributed by atoms with Crippen molar-refractivity contribution in [2.45, 2.75) is 6.54 Å². The van der Waals surface area contributed by atoms with Crippen molar-refractivity contribution in [3.05, 3.63) is 54.4 Å². The molecule has 1 amide bonds. The average molecular weight is 241 g/mol. The third kappa shape index (κ3) is 3.15. The second kappa shape index (κ2) is 5.93. The van der Waals surface area contributed by atoms with Gasteiger partial charge in [0.2, 0.25) is 5.91 Å². The van der Waals surface area contributed by atoms with Gasteiger partial charge in [0.25, 0.3) is 0 Å². The first-order valence-electron chi connectivity index (χ1n) is 5.75. The molecule has 18 heavy (non-hydrogen) atoms. The highest BCUT2D eigenvalue weighted by molar-refractivity contribution is 5.77.